The fourth-order valence-corrected chi connectivity index (χ4v) is 3.48. The Morgan fingerprint density at radius 2 is 2.00 bits per heavy atom. The summed E-state index contributed by atoms with van der Waals surface area (Å²) in [4.78, 5) is 10.1. The molecule has 1 atom stereocenters. The van der Waals surface area contributed by atoms with E-state index in [1.807, 2.05) is 13.8 Å². The van der Waals surface area contributed by atoms with Crippen LogP contribution in [-0.2, 0) is 10.0 Å². The summed E-state index contributed by atoms with van der Waals surface area (Å²) in [5, 5.41) is 13.8. The zero-order chi connectivity index (χ0) is 16.0. The molecule has 7 nitrogen and oxygen atoms in total. The van der Waals surface area contributed by atoms with Gasteiger partial charge in [-0.1, -0.05) is 13.3 Å². The summed E-state index contributed by atoms with van der Waals surface area (Å²) in [6, 6.07) is 3.56. The van der Waals surface area contributed by atoms with Crippen molar-refractivity contribution in [3.63, 3.8) is 0 Å². The second-order valence-corrected chi connectivity index (χ2v) is 6.46. The van der Waals surface area contributed by atoms with Crippen LogP contribution < -0.4 is 10.0 Å². The standard InChI is InChI=1S/C13H21N3O4S/c1-4-6-10(3)15-21(19,20)13-9-11(16(17)18)7-8-12(13)14-5-2/h7-10,14-15H,4-6H2,1-3H3. The first-order valence-electron chi connectivity index (χ1n) is 6.86. The zero-order valence-corrected chi connectivity index (χ0v) is 13.2. The van der Waals surface area contributed by atoms with E-state index in [1.54, 1.807) is 6.92 Å². The Hall–Kier alpha value is -1.67. The van der Waals surface area contributed by atoms with Crippen molar-refractivity contribution in [3.8, 4) is 0 Å². The van der Waals surface area contributed by atoms with Crippen LogP contribution in [0.1, 0.15) is 33.6 Å². The van der Waals surface area contributed by atoms with Crippen molar-refractivity contribution in [2.24, 2.45) is 0 Å². The highest BCUT2D eigenvalue weighted by Gasteiger charge is 2.23. The molecule has 1 rings (SSSR count). The van der Waals surface area contributed by atoms with Crippen LogP contribution in [0.5, 0.6) is 0 Å². The van der Waals surface area contributed by atoms with Crippen LogP contribution in [0, 0.1) is 10.1 Å². The molecule has 0 fully saturated rings. The van der Waals surface area contributed by atoms with Crippen molar-refractivity contribution in [2.75, 3.05) is 11.9 Å². The van der Waals surface area contributed by atoms with Gasteiger partial charge in [-0.25, -0.2) is 13.1 Å². The van der Waals surface area contributed by atoms with Gasteiger partial charge in [-0.15, -0.1) is 0 Å². The average molecular weight is 315 g/mol. The highest BCUT2D eigenvalue weighted by molar-refractivity contribution is 7.89. The number of nitro benzene ring substituents is 1. The minimum absolute atomic E-state index is 0.0958. The fourth-order valence-electron chi connectivity index (χ4n) is 2.00. The van der Waals surface area contributed by atoms with Crippen LogP contribution in [0.2, 0.25) is 0 Å². The van der Waals surface area contributed by atoms with E-state index in [2.05, 4.69) is 10.0 Å². The molecule has 1 aromatic rings. The number of sulfonamides is 1. The summed E-state index contributed by atoms with van der Waals surface area (Å²) in [6.45, 7) is 6.07. The SMILES string of the molecule is CCCC(C)NS(=O)(=O)c1cc([N+](=O)[O-])ccc1NCC. The van der Waals surface area contributed by atoms with Crippen molar-refractivity contribution < 1.29 is 13.3 Å². The third-order valence-electron chi connectivity index (χ3n) is 2.91. The first-order valence-corrected chi connectivity index (χ1v) is 8.34. The van der Waals surface area contributed by atoms with Crippen LogP contribution in [0.15, 0.2) is 23.1 Å². The van der Waals surface area contributed by atoms with Gasteiger partial charge in [0.2, 0.25) is 10.0 Å². The lowest BCUT2D eigenvalue weighted by atomic mass is 10.2. The number of nitrogens with one attached hydrogen (secondary N) is 2. The van der Waals surface area contributed by atoms with Gasteiger partial charge in [-0.2, -0.15) is 0 Å². The molecule has 0 aliphatic carbocycles. The van der Waals surface area contributed by atoms with Crippen LogP contribution in [0.3, 0.4) is 0 Å². The molecule has 0 aliphatic rings. The van der Waals surface area contributed by atoms with E-state index in [0.29, 0.717) is 18.7 Å². The quantitative estimate of drug-likeness (QED) is 0.567. The third kappa shape index (κ3) is 4.68. The Balaban J connectivity index is 3.23. The van der Waals surface area contributed by atoms with Gasteiger partial charge >= 0.3 is 0 Å². The Kier molecular flexibility index (Phi) is 6.10. The number of nitrogens with zero attached hydrogens (tertiary/aromatic N) is 1. The molecular weight excluding hydrogens is 294 g/mol. The molecule has 1 aromatic carbocycles. The van der Waals surface area contributed by atoms with Gasteiger partial charge in [0.1, 0.15) is 4.90 Å². The molecule has 0 saturated carbocycles. The lowest BCUT2D eigenvalue weighted by Crippen LogP contribution is -2.33. The van der Waals surface area contributed by atoms with Gasteiger partial charge in [0, 0.05) is 24.7 Å². The molecule has 2 N–H and O–H groups in total. The molecule has 118 valence electrons. The number of rotatable bonds is 8. The molecule has 0 saturated heterocycles. The van der Waals surface area contributed by atoms with Crippen LogP contribution in [0.4, 0.5) is 11.4 Å². The summed E-state index contributed by atoms with van der Waals surface area (Å²) in [5.41, 5.74) is 0.111. The Bertz CT molecular complexity index is 601. The molecule has 0 radical (unpaired) electrons. The summed E-state index contributed by atoms with van der Waals surface area (Å²) in [5.74, 6) is 0. The highest BCUT2D eigenvalue weighted by atomic mass is 32.2. The van der Waals surface area contributed by atoms with E-state index < -0.39 is 14.9 Å². The predicted molar refractivity (Wildman–Crippen MR) is 82.0 cm³/mol. The second-order valence-electron chi connectivity index (χ2n) is 4.78. The summed E-state index contributed by atoms with van der Waals surface area (Å²) < 4.78 is 27.4. The third-order valence-corrected chi connectivity index (χ3v) is 4.54. The Labute approximate surface area is 124 Å². The van der Waals surface area contributed by atoms with E-state index in [0.717, 1.165) is 12.5 Å². The molecule has 8 heteroatoms. The van der Waals surface area contributed by atoms with Crippen molar-refractivity contribution in [1.82, 2.24) is 4.72 Å². The molecule has 0 bridgehead atoms. The van der Waals surface area contributed by atoms with Gasteiger partial charge in [0.25, 0.3) is 5.69 Å². The lowest BCUT2D eigenvalue weighted by Gasteiger charge is -2.16. The number of anilines is 1. The molecule has 0 heterocycles. The summed E-state index contributed by atoms with van der Waals surface area (Å²) in [7, 11) is -3.81. The van der Waals surface area contributed by atoms with Crippen molar-refractivity contribution in [3.05, 3.63) is 28.3 Å². The zero-order valence-electron chi connectivity index (χ0n) is 12.4. The minimum atomic E-state index is -3.81. The number of nitro groups is 1. The normalized spacial score (nSPS) is 12.9. The number of hydrogen-bond acceptors (Lipinski definition) is 5. The van der Waals surface area contributed by atoms with Crippen LogP contribution >= 0.6 is 0 Å². The van der Waals surface area contributed by atoms with Crippen LogP contribution in [-0.4, -0.2) is 25.9 Å². The van der Waals surface area contributed by atoms with E-state index >= 15 is 0 Å². The maximum atomic E-state index is 12.4. The minimum Gasteiger partial charge on any atom is -0.384 e. The van der Waals surface area contributed by atoms with E-state index in [-0.39, 0.29) is 16.6 Å². The van der Waals surface area contributed by atoms with Crippen molar-refractivity contribution in [2.45, 2.75) is 44.6 Å². The summed E-state index contributed by atoms with van der Waals surface area (Å²) >= 11 is 0. The highest BCUT2D eigenvalue weighted by Crippen LogP contribution is 2.26. The van der Waals surface area contributed by atoms with Crippen LogP contribution in [0.25, 0.3) is 0 Å². The number of benzene rings is 1. The lowest BCUT2D eigenvalue weighted by molar-refractivity contribution is -0.385. The van der Waals surface area contributed by atoms with Crippen molar-refractivity contribution in [1.29, 1.82) is 0 Å². The monoisotopic (exact) mass is 315 g/mol. The largest absolute Gasteiger partial charge is 0.384 e. The van der Waals surface area contributed by atoms with E-state index in [4.69, 9.17) is 0 Å². The Morgan fingerprint density at radius 3 is 2.52 bits per heavy atom. The fraction of sp³-hybridized carbons (Fsp3) is 0.538. The first-order chi connectivity index (χ1) is 9.81. The predicted octanol–water partition coefficient (Wildman–Crippen LogP) is 2.49. The number of hydrogen-bond donors (Lipinski definition) is 2. The van der Waals surface area contributed by atoms with Gasteiger partial charge in [0.15, 0.2) is 0 Å². The van der Waals surface area contributed by atoms with Gasteiger partial charge in [-0.05, 0) is 26.3 Å². The molecule has 0 spiro atoms. The average Bonchev–Trinajstić information content (AvgIpc) is 2.38. The van der Waals surface area contributed by atoms with Gasteiger partial charge in [0.05, 0.1) is 10.6 Å². The van der Waals surface area contributed by atoms with Gasteiger partial charge in [-0.3, -0.25) is 10.1 Å². The van der Waals surface area contributed by atoms with Crippen molar-refractivity contribution >= 4 is 21.4 Å². The molecule has 1 unspecified atom stereocenters. The molecule has 0 aliphatic heterocycles. The number of non-ortho nitro benzene ring substituents is 1. The molecule has 0 aromatic heterocycles. The molecule has 0 amide bonds. The van der Waals surface area contributed by atoms with Gasteiger partial charge < -0.3 is 5.32 Å². The smallest absolute Gasteiger partial charge is 0.270 e. The van der Waals surface area contributed by atoms with E-state index in [9.17, 15) is 18.5 Å². The Morgan fingerprint density at radius 1 is 1.33 bits per heavy atom. The summed E-state index contributed by atoms with van der Waals surface area (Å²) in [6.07, 6.45) is 1.55. The maximum absolute atomic E-state index is 12.4. The molecule has 21 heavy (non-hydrogen) atoms. The second kappa shape index (κ2) is 7.37. The topological polar surface area (TPSA) is 101 Å². The molecular formula is C13H21N3O4S. The first kappa shape index (κ1) is 17.4. The maximum Gasteiger partial charge on any atom is 0.270 e. The van der Waals surface area contributed by atoms with E-state index in [1.165, 1.54) is 12.1 Å².